The highest BCUT2D eigenvalue weighted by Crippen LogP contribution is 2.44. The molecule has 4 rings (SSSR count). The van der Waals surface area contributed by atoms with Gasteiger partial charge < -0.3 is 20.5 Å². The summed E-state index contributed by atoms with van der Waals surface area (Å²) in [7, 11) is 0. The van der Waals surface area contributed by atoms with Crippen LogP contribution in [0, 0.1) is 11.8 Å². The van der Waals surface area contributed by atoms with E-state index in [1.165, 1.54) is 22.3 Å². The number of amides is 2. The number of ether oxygens (including phenoxy) is 1. The molecule has 2 amide bonds. The van der Waals surface area contributed by atoms with Crippen LogP contribution in [0.25, 0.3) is 11.1 Å². The van der Waals surface area contributed by atoms with Crippen LogP contribution < -0.4 is 10.6 Å². The van der Waals surface area contributed by atoms with Gasteiger partial charge in [0.15, 0.2) is 0 Å². The fourth-order valence-electron chi connectivity index (χ4n) is 4.99. The highest BCUT2D eigenvalue weighted by atomic mass is 16.5. The number of carbonyl (C=O) groups is 3. The standard InChI is InChI=1S/C27H32N2O5/c1-17(26(31)32)14-15-28-25(30)18-10-12-19(13-11-18)29-27(33)34-16-24-22-8-4-2-6-20(22)21-7-3-5-9-23(21)24/h2-9,17-19,24H,10-16H2,1H3,(H,28,30)(H,29,33)(H,31,32). The number of rotatable bonds is 8. The van der Waals surface area contributed by atoms with Crippen LogP contribution in [-0.2, 0) is 14.3 Å². The summed E-state index contributed by atoms with van der Waals surface area (Å²) in [5.41, 5.74) is 4.75. The van der Waals surface area contributed by atoms with Gasteiger partial charge >= 0.3 is 12.1 Å². The molecule has 1 atom stereocenters. The zero-order valence-corrected chi connectivity index (χ0v) is 19.5. The molecular weight excluding hydrogens is 432 g/mol. The van der Waals surface area contributed by atoms with Gasteiger partial charge in [0.1, 0.15) is 6.61 Å². The third-order valence-corrected chi connectivity index (χ3v) is 7.06. The van der Waals surface area contributed by atoms with Gasteiger partial charge in [-0.05, 0) is 54.4 Å². The maximum Gasteiger partial charge on any atom is 0.407 e. The van der Waals surface area contributed by atoms with E-state index in [9.17, 15) is 14.4 Å². The first-order valence-corrected chi connectivity index (χ1v) is 12.1. The van der Waals surface area contributed by atoms with Gasteiger partial charge in [-0.3, -0.25) is 9.59 Å². The van der Waals surface area contributed by atoms with Crippen LogP contribution in [0.3, 0.4) is 0 Å². The first kappa shape index (κ1) is 23.8. The van der Waals surface area contributed by atoms with Gasteiger partial charge in [0, 0.05) is 24.4 Å². The molecule has 7 heteroatoms. The van der Waals surface area contributed by atoms with Gasteiger partial charge in [0.25, 0.3) is 0 Å². The lowest BCUT2D eigenvalue weighted by Gasteiger charge is -2.28. The number of hydrogen-bond donors (Lipinski definition) is 3. The summed E-state index contributed by atoms with van der Waals surface area (Å²) in [6.07, 6.45) is 2.81. The zero-order valence-electron chi connectivity index (χ0n) is 19.5. The predicted molar refractivity (Wildman–Crippen MR) is 128 cm³/mol. The second-order valence-corrected chi connectivity index (χ2v) is 9.34. The van der Waals surface area contributed by atoms with Crippen LogP contribution in [-0.4, -0.2) is 42.3 Å². The van der Waals surface area contributed by atoms with E-state index < -0.39 is 18.0 Å². The fourth-order valence-corrected chi connectivity index (χ4v) is 4.99. The number of alkyl carbamates (subject to hydrolysis) is 1. The minimum atomic E-state index is -0.853. The van der Waals surface area contributed by atoms with E-state index >= 15 is 0 Å². The van der Waals surface area contributed by atoms with E-state index in [-0.39, 0.29) is 30.4 Å². The molecule has 2 aliphatic carbocycles. The lowest BCUT2D eigenvalue weighted by atomic mass is 9.85. The third kappa shape index (κ3) is 5.41. The van der Waals surface area contributed by atoms with Crippen molar-refractivity contribution in [3.63, 3.8) is 0 Å². The summed E-state index contributed by atoms with van der Waals surface area (Å²) in [5.74, 6) is -1.43. The molecule has 0 spiro atoms. The first-order chi connectivity index (χ1) is 16.4. The van der Waals surface area contributed by atoms with E-state index in [2.05, 4.69) is 34.9 Å². The van der Waals surface area contributed by atoms with E-state index in [0.717, 1.165) is 0 Å². The molecule has 0 radical (unpaired) electrons. The Kier molecular flexibility index (Phi) is 7.50. The van der Waals surface area contributed by atoms with E-state index in [1.54, 1.807) is 6.92 Å². The first-order valence-electron chi connectivity index (χ1n) is 12.1. The number of aliphatic carboxylic acids is 1. The Balaban J connectivity index is 1.21. The lowest BCUT2D eigenvalue weighted by molar-refractivity contribution is -0.141. The van der Waals surface area contributed by atoms with Crippen LogP contribution >= 0.6 is 0 Å². The quantitative estimate of drug-likeness (QED) is 0.540. The normalized spacial score (nSPS) is 20.0. The van der Waals surface area contributed by atoms with Gasteiger partial charge in [-0.2, -0.15) is 0 Å². The molecule has 0 aromatic heterocycles. The lowest BCUT2D eigenvalue weighted by Crippen LogP contribution is -2.41. The van der Waals surface area contributed by atoms with Crippen molar-refractivity contribution in [3.8, 4) is 11.1 Å². The summed E-state index contributed by atoms with van der Waals surface area (Å²) < 4.78 is 5.63. The highest BCUT2D eigenvalue weighted by molar-refractivity contribution is 5.79. The molecule has 0 bridgehead atoms. The van der Waals surface area contributed by atoms with Gasteiger partial charge in [-0.15, -0.1) is 0 Å². The molecule has 2 aliphatic rings. The number of nitrogens with one attached hydrogen (secondary N) is 2. The Hall–Kier alpha value is -3.35. The van der Waals surface area contributed by atoms with E-state index in [0.29, 0.717) is 38.6 Å². The average Bonchev–Trinajstić information content (AvgIpc) is 3.16. The van der Waals surface area contributed by atoms with E-state index in [1.807, 2.05) is 24.3 Å². The summed E-state index contributed by atoms with van der Waals surface area (Å²) in [4.78, 5) is 35.7. The molecule has 0 saturated heterocycles. The molecule has 0 heterocycles. The van der Waals surface area contributed by atoms with Gasteiger partial charge in [0.05, 0.1) is 5.92 Å². The van der Waals surface area contributed by atoms with Crippen LogP contribution in [0.5, 0.6) is 0 Å². The Morgan fingerprint density at radius 1 is 0.971 bits per heavy atom. The smallest absolute Gasteiger partial charge is 0.407 e. The molecule has 7 nitrogen and oxygen atoms in total. The van der Waals surface area contributed by atoms with Crippen molar-refractivity contribution in [2.45, 2.75) is 51.0 Å². The van der Waals surface area contributed by atoms with Crippen LogP contribution in [0.15, 0.2) is 48.5 Å². The molecule has 34 heavy (non-hydrogen) atoms. The molecule has 180 valence electrons. The molecule has 2 aromatic carbocycles. The minimum absolute atomic E-state index is 0.00765. The number of benzene rings is 2. The van der Waals surface area contributed by atoms with E-state index in [4.69, 9.17) is 9.84 Å². The minimum Gasteiger partial charge on any atom is -0.481 e. The molecular formula is C27H32N2O5. The Labute approximate surface area is 199 Å². The number of fused-ring (bicyclic) bond motifs is 3. The van der Waals surface area contributed by atoms with Gasteiger partial charge in [-0.25, -0.2) is 4.79 Å². The van der Waals surface area contributed by atoms with Crippen LogP contribution in [0.2, 0.25) is 0 Å². The molecule has 1 saturated carbocycles. The maximum atomic E-state index is 12.5. The number of hydrogen-bond acceptors (Lipinski definition) is 4. The number of carboxylic acids is 1. The van der Waals surface area contributed by atoms with Crippen molar-refractivity contribution in [1.82, 2.24) is 10.6 Å². The van der Waals surface area contributed by atoms with Crippen molar-refractivity contribution >= 4 is 18.0 Å². The second-order valence-electron chi connectivity index (χ2n) is 9.34. The molecule has 2 aromatic rings. The topological polar surface area (TPSA) is 105 Å². The summed E-state index contributed by atoms with van der Waals surface area (Å²) in [6, 6.07) is 16.5. The van der Waals surface area contributed by atoms with Crippen molar-refractivity contribution in [3.05, 3.63) is 59.7 Å². The number of carbonyl (C=O) groups excluding carboxylic acids is 2. The third-order valence-electron chi connectivity index (χ3n) is 7.06. The predicted octanol–water partition coefficient (Wildman–Crippen LogP) is 4.31. The summed E-state index contributed by atoms with van der Waals surface area (Å²) in [5, 5.41) is 14.7. The maximum absolute atomic E-state index is 12.5. The van der Waals surface area contributed by atoms with Crippen LogP contribution in [0.1, 0.15) is 56.1 Å². The van der Waals surface area contributed by atoms with Crippen LogP contribution in [0.4, 0.5) is 4.79 Å². The molecule has 1 fully saturated rings. The molecule has 1 unspecified atom stereocenters. The summed E-state index contributed by atoms with van der Waals surface area (Å²) >= 11 is 0. The molecule has 0 aliphatic heterocycles. The van der Waals surface area contributed by atoms with Gasteiger partial charge in [-0.1, -0.05) is 55.5 Å². The largest absolute Gasteiger partial charge is 0.481 e. The van der Waals surface area contributed by atoms with Crippen molar-refractivity contribution in [2.75, 3.05) is 13.2 Å². The summed E-state index contributed by atoms with van der Waals surface area (Å²) in [6.45, 7) is 2.28. The Morgan fingerprint density at radius 2 is 1.56 bits per heavy atom. The van der Waals surface area contributed by atoms with Crippen molar-refractivity contribution in [2.24, 2.45) is 11.8 Å². The number of carboxylic acid groups (broad SMARTS) is 1. The molecule has 3 N–H and O–H groups in total. The van der Waals surface area contributed by atoms with Crippen molar-refractivity contribution in [1.29, 1.82) is 0 Å². The average molecular weight is 465 g/mol. The highest BCUT2D eigenvalue weighted by Gasteiger charge is 2.30. The monoisotopic (exact) mass is 464 g/mol. The SMILES string of the molecule is CC(CCNC(=O)C1CCC(NC(=O)OCC2c3ccccc3-c3ccccc32)CC1)C(=O)O. The van der Waals surface area contributed by atoms with Gasteiger partial charge in [0.2, 0.25) is 5.91 Å². The zero-order chi connectivity index (χ0) is 24.1. The second kappa shape index (κ2) is 10.7. The van der Waals surface area contributed by atoms with Crippen molar-refractivity contribution < 1.29 is 24.2 Å². The Bertz CT molecular complexity index is 999. The Morgan fingerprint density at radius 3 is 2.15 bits per heavy atom. The fraction of sp³-hybridized carbons (Fsp3) is 0.444.